The second kappa shape index (κ2) is 7.38. The maximum atomic E-state index is 11.5. The first kappa shape index (κ1) is 18.1. The summed E-state index contributed by atoms with van der Waals surface area (Å²) in [4.78, 5) is 0. The van der Waals surface area contributed by atoms with Crippen molar-refractivity contribution in [2.24, 2.45) is 5.41 Å². The minimum absolute atomic E-state index is 0.0949. The van der Waals surface area contributed by atoms with Crippen LogP contribution in [-0.4, -0.2) is 6.61 Å². The highest BCUT2D eigenvalue weighted by atomic mass is 31.1. The van der Waals surface area contributed by atoms with Crippen LogP contribution in [0.15, 0.2) is 24.3 Å². The summed E-state index contributed by atoms with van der Waals surface area (Å²) in [5.74, 6) is 0.586. The predicted molar refractivity (Wildman–Crippen MR) is 88.0 cm³/mol. The topological polar surface area (TPSA) is 35.5 Å². The molecular weight excluding hydrogens is 283 g/mol. The highest BCUT2D eigenvalue weighted by Crippen LogP contribution is 2.37. The van der Waals surface area contributed by atoms with Crippen LogP contribution in [0.1, 0.15) is 59.9 Å². The van der Waals surface area contributed by atoms with Gasteiger partial charge in [-0.2, -0.15) is 0 Å². The van der Waals surface area contributed by atoms with Crippen molar-refractivity contribution < 1.29 is 13.6 Å². The number of hydrogen-bond acceptors (Lipinski definition) is 3. The van der Waals surface area contributed by atoms with Gasteiger partial charge in [-0.1, -0.05) is 53.7 Å². The monoisotopic (exact) mass is 311 g/mol. The molecule has 0 saturated carbocycles. The molecule has 1 aromatic rings. The van der Waals surface area contributed by atoms with E-state index < -0.39 is 8.25 Å². The van der Waals surface area contributed by atoms with E-state index in [0.717, 1.165) is 12.8 Å². The third kappa shape index (κ3) is 6.58. The van der Waals surface area contributed by atoms with Crippen LogP contribution < -0.4 is 4.52 Å². The summed E-state index contributed by atoms with van der Waals surface area (Å²) in [5.41, 5.74) is 1.63. The van der Waals surface area contributed by atoms with Crippen molar-refractivity contribution in [2.75, 3.05) is 6.61 Å². The molecule has 118 valence electrons. The van der Waals surface area contributed by atoms with Crippen LogP contribution in [0, 0.1) is 5.41 Å². The lowest BCUT2D eigenvalue weighted by atomic mass is 9.72. The second-order valence-corrected chi connectivity index (χ2v) is 8.18. The minimum Gasteiger partial charge on any atom is -0.229 e. The van der Waals surface area contributed by atoms with Crippen molar-refractivity contribution in [1.29, 1.82) is 0 Å². The molecule has 0 radical (unpaired) electrons. The van der Waals surface area contributed by atoms with Gasteiger partial charge in [0.1, 0.15) is 6.61 Å². The van der Waals surface area contributed by atoms with E-state index in [1.807, 2.05) is 31.2 Å². The Morgan fingerprint density at radius 2 is 1.62 bits per heavy atom. The summed E-state index contributed by atoms with van der Waals surface area (Å²) in [5, 5.41) is 0. The summed E-state index contributed by atoms with van der Waals surface area (Å²) in [7, 11) is -2.07. The molecule has 21 heavy (non-hydrogen) atoms. The number of hydrogen-bond donors (Lipinski definition) is 0. The zero-order chi connectivity index (χ0) is 16.1. The Balaban J connectivity index is 2.71. The average molecular weight is 311 g/mol. The summed E-state index contributed by atoms with van der Waals surface area (Å²) in [6.07, 6.45) is 1.92. The first-order valence-corrected chi connectivity index (χ1v) is 8.62. The molecule has 0 amide bonds. The molecule has 1 rings (SSSR count). The fraction of sp³-hybridized carbons (Fsp3) is 0.647. The molecule has 1 unspecified atom stereocenters. The van der Waals surface area contributed by atoms with Crippen LogP contribution in [0.25, 0.3) is 0 Å². The van der Waals surface area contributed by atoms with Gasteiger partial charge in [-0.3, -0.25) is 0 Å². The molecule has 4 heteroatoms. The van der Waals surface area contributed by atoms with Gasteiger partial charge in [0.15, 0.2) is 5.75 Å². The molecule has 0 heterocycles. The first-order valence-electron chi connectivity index (χ1n) is 7.53. The van der Waals surface area contributed by atoms with Gasteiger partial charge in [0.2, 0.25) is 0 Å². The van der Waals surface area contributed by atoms with Gasteiger partial charge in [0.25, 0.3) is 0 Å². The Bertz CT molecular complexity index is 458. The van der Waals surface area contributed by atoms with Gasteiger partial charge in [-0.25, -0.2) is 4.52 Å². The summed E-state index contributed by atoms with van der Waals surface area (Å²) in [6, 6.07) is 7.82. The van der Waals surface area contributed by atoms with Crippen molar-refractivity contribution in [1.82, 2.24) is 0 Å². The van der Waals surface area contributed by atoms with Crippen LogP contribution in [-0.2, 0) is 14.5 Å². The van der Waals surface area contributed by atoms with E-state index in [1.165, 1.54) is 5.56 Å². The van der Waals surface area contributed by atoms with Crippen molar-refractivity contribution >= 4 is 8.25 Å². The Morgan fingerprint density at radius 1 is 1.05 bits per heavy atom. The maximum absolute atomic E-state index is 11.5. The highest BCUT2D eigenvalue weighted by Gasteiger charge is 2.28. The SMILES string of the molecule is CCCO[P+](=O)Oc1ccc(C(C)(C)CC(C)(C)C)cc1. The summed E-state index contributed by atoms with van der Waals surface area (Å²) in [6.45, 7) is 13.7. The van der Waals surface area contributed by atoms with E-state index >= 15 is 0 Å². The average Bonchev–Trinajstić information content (AvgIpc) is 2.34. The van der Waals surface area contributed by atoms with Gasteiger partial charge in [0, 0.05) is 4.57 Å². The molecule has 0 aliphatic carbocycles. The van der Waals surface area contributed by atoms with Crippen LogP contribution in [0.4, 0.5) is 0 Å². The zero-order valence-electron chi connectivity index (χ0n) is 14.1. The smallest absolute Gasteiger partial charge is 0.229 e. The standard InChI is InChI=1S/C17H28O3P/c1-7-12-19-21(18)20-15-10-8-14(9-11-15)17(5,6)13-16(2,3)4/h8-11H,7,12-13H2,1-6H3/q+1. The zero-order valence-corrected chi connectivity index (χ0v) is 15.0. The van der Waals surface area contributed by atoms with E-state index in [0.29, 0.717) is 12.4 Å². The van der Waals surface area contributed by atoms with E-state index in [-0.39, 0.29) is 10.8 Å². The molecule has 0 N–H and O–H groups in total. The molecule has 0 aromatic heterocycles. The molecule has 0 saturated heterocycles. The Labute approximate surface area is 130 Å². The van der Waals surface area contributed by atoms with Gasteiger partial charge in [-0.05, 0) is 41.4 Å². The number of benzene rings is 1. The van der Waals surface area contributed by atoms with Gasteiger partial charge in [0.05, 0.1) is 0 Å². The van der Waals surface area contributed by atoms with Gasteiger partial charge >= 0.3 is 8.25 Å². The normalized spacial score (nSPS) is 13.1. The molecule has 0 bridgehead atoms. The highest BCUT2D eigenvalue weighted by molar-refractivity contribution is 7.33. The lowest BCUT2D eigenvalue weighted by molar-refractivity contribution is 0.283. The molecular formula is C17H28O3P+. The number of rotatable bonds is 7. The third-order valence-electron chi connectivity index (χ3n) is 3.19. The molecule has 3 nitrogen and oxygen atoms in total. The Morgan fingerprint density at radius 3 is 2.10 bits per heavy atom. The molecule has 0 spiro atoms. The Kier molecular flexibility index (Phi) is 6.37. The molecule has 0 fully saturated rings. The third-order valence-corrected chi connectivity index (χ3v) is 3.94. The molecule has 1 aromatic carbocycles. The summed E-state index contributed by atoms with van der Waals surface area (Å²) >= 11 is 0. The van der Waals surface area contributed by atoms with Crippen LogP contribution >= 0.6 is 8.25 Å². The summed E-state index contributed by atoms with van der Waals surface area (Å²) < 4.78 is 21.9. The van der Waals surface area contributed by atoms with E-state index in [1.54, 1.807) is 0 Å². The largest absolute Gasteiger partial charge is 0.750 e. The van der Waals surface area contributed by atoms with Crippen LogP contribution in [0.3, 0.4) is 0 Å². The van der Waals surface area contributed by atoms with Crippen LogP contribution in [0.5, 0.6) is 5.75 Å². The van der Waals surface area contributed by atoms with Crippen molar-refractivity contribution in [3.05, 3.63) is 29.8 Å². The van der Waals surface area contributed by atoms with E-state index in [4.69, 9.17) is 9.05 Å². The lowest BCUT2D eigenvalue weighted by Crippen LogP contribution is -2.24. The maximum Gasteiger partial charge on any atom is 0.750 e. The van der Waals surface area contributed by atoms with Crippen molar-refractivity contribution in [3.63, 3.8) is 0 Å². The minimum atomic E-state index is -2.07. The fourth-order valence-electron chi connectivity index (χ4n) is 2.67. The van der Waals surface area contributed by atoms with E-state index in [9.17, 15) is 4.57 Å². The predicted octanol–water partition coefficient (Wildman–Crippen LogP) is 5.86. The second-order valence-electron chi connectivity index (χ2n) is 7.29. The van der Waals surface area contributed by atoms with E-state index in [2.05, 4.69) is 34.6 Å². The molecule has 0 aliphatic rings. The van der Waals surface area contributed by atoms with Crippen molar-refractivity contribution in [3.8, 4) is 5.75 Å². The Hall–Kier alpha value is -0.920. The van der Waals surface area contributed by atoms with Gasteiger partial charge in [-0.15, -0.1) is 4.52 Å². The molecule has 0 aliphatic heterocycles. The first-order chi connectivity index (χ1) is 9.64. The van der Waals surface area contributed by atoms with Crippen LogP contribution in [0.2, 0.25) is 0 Å². The lowest BCUT2D eigenvalue weighted by Gasteiger charge is -2.33. The van der Waals surface area contributed by atoms with Crippen molar-refractivity contribution in [2.45, 2.75) is 59.8 Å². The van der Waals surface area contributed by atoms with Gasteiger partial charge < -0.3 is 0 Å². The fourth-order valence-corrected chi connectivity index (χ4v) is 3.35. The molecule has 1 atom stereocenters. The quantitative estimate of drug-likeness (QED) is 0.591.